The maximum absolute atomic E-state index is 13.1. The van der Waals surface area contributed by atoms with E-state index in [1.165, 1.54) is 10.4 Å². The van der Waals surface area contributed by atoms with Gasteiger partial charge in [0.05, 0.1) is 10.6 Å². The lowest BCUT2D eigenvalue weighted by Gasteiger charge is -2.31. The Balaban J connectivity index is 1.81. The molecule has 2 aliphatic heterocycles. The number of anilines is 1. The van der Waals surface area contributed by atoms with E-state index in [0.29, 0.717) is 49.5 Å². The molecule has 2 amide bonds. The predicted octanol–water partition coefficient (Wildman–Crippen LogP) is 1.25. The van der Waals surface area contributed by atoms with Crippen molar-refractivity contribution in [3.63, 3.8) is 0 Å². The van der Waals surface area contributed by atoms with Crippen LogP contribution in [0.2, 0.25) is 0 Å². The summed E-state index contributed by atoms with van der Waals surface area (Å²) in [6.45, 7) is 6.34. The van der Waals surface area contributed by atoms with E-state index in [4.69, 9.17) is 4.74 Å². The monoisotopic (exact) mass is 395 g/mol. The highest BCUT2D eigenvalue weighted by molar-refractivity contribution is 7.89. The number of hydrogen-bond donors (Lipinski definition) is 2. The van der Waals surface area contributed by atoms with Crippen molar-refractivity contribution in [1.29, 1.82) is 0 Å². The number of fused-ring (bicyclic) bond motifs is 1. The summed E-state index contributed by atoms with van der Waals surface area (Å²) in [4.78, 5) is 23.9. The van der Waals surface area contributed by atoms with Gasteiger partial charge in [0.2, 0.25) is 15.9 Å². The number of carbonyl (C=O) groups is 2. The fourth-order valence-corrected chi connectivity index (χ4v) is 5.13. The van der Waals surface area contributed by atoms with Gasteiger partial charge in [-0.15, -0.1) is 0 Å². The zero-order chi connectivity index (χ0) is 19.8. The van der Waals surface area contributed by atoms with Crippen LogP contribution >= 0.6 is 0 Å². The van der Waals surface area contributed by atoms with Gasteiger partial charge in [-0.25, -0.2) is 8.42 Å². The number of piperidine rings is 1. The van der Waals surface area contributed by atoms with Crippen LogP contribution in [0.15, 0.2) is 17.0 Å². The van der Waals surface area contributed by atoms with Crippen molar-refractivity contribution in [3.05, 3.63) is 17.7 Å². The molecule has 0 radical (unpaired) electrons. The maximum Gasteiger partial charge on any atom is 0.265 e. The van der Waals surface area contributed by atoms with Gasteiger partial charge in [-0.05, 0) is 45.2 Å². The minimum Gasteiger partial charge on any atom is -0.479 e. The molecular formula is C18H25N3O5S. The molecule has 27 heavy (non-hydrogen) atoms. The normalized spacial score (nSPS) is 21.1. The number of rotatable bonds is 4. The third kappa shape index (κ3) is 3.79. The largest absolute Gasteiger partial charge is 0.479 e. The fraction of sp³-hybridized carbons (Fsp3) is 0.556. The van der Waals surface area contributed by atoms with E-state index in [2.05, 4.69) is 10.6 Å². The van der Waals surface area contributed by atoms with Gasteiger partial charge in [-0.3, -0.25) is 9.59 Å². The van der Waals surface area contributed by atoms with E-state index < -0.39 is 16.1 Å². The average Bonchev–Trinajstić information content (AvgIpc) is 2.63. The summed E-state index contributed by atoms with van der Waals surface area (Å²) in [6.07, 6.45) is 0.320. The lowest BCUT2D eigenvalue weighted by molar-refractivity contribution is -0.126. The molecule has 3 rings (SSSR count). The first kappa shape index (κ1) is 19.6. The van der Waals surface area contributed by atoms with Crippen molar-refractivity contribution in [3.8, 4) is 5.75 Å². The Morgan fingerprint density at radius 2 is 2.00 bits per heavy atom. The summed E-state index contributed by atoms with van der Waals surface area (Å²) in [7, 11) is -3.71. The highest BCUT2D eigenvalue weighted by atomic mass is 32.2. The number of carbonyl (C=O) groups excluding carboxylic acids is 2. The van der Waals surface area contributed by atoms with Gasteiger partial charge in [0.15, 0.2) is 6.10 Å². The van der Waals surface area contributed by atoms with Gasteiger partial charge in [0, 0.05) is 31.6 Å². The predicted molar refractivity (Wildman–Crippen MR) is 100 cm³/mol. The maximum atomic E-state index is 13.1. The molecule has 0 saturated carbocycles. The number of benzene rings is 1. The van der Waals surface area contributed by atoms with Crippen LogP contribution in [0.4, 0.5) is 5.69 Å². The molecule has 1 atom stereocenters. The number of sulfonamides is 1. The van der Waals surface area contributed by atoms with Crippen LogP contribution < -0.4 is 15.4 Å². The van der Waals surface area contributed by atoms with Gasteiger partial charge in [0.25, 0.3) is 5.91 Å². The first-order valence-electron chi connectivity index (χ1n) is 9.14. The molecule has 1 aromatic carbocycles. The smallest absolute Gasteiger partial charge is 0.265 e. The average molecular weight is 395 g/mol. The Morgan fingerprint density at radius 1 is 1.33 bits per heavy atom. The second-order valence-corrected chi connectivity index (χ2v) is 8.84. The van der Waals surface area contributed by atoms with Crippen molar-refractivity contribution in [2.45, 2.75) is 44.6 Å². The van der Waals surface area contributed by atoms with Crippen LogP contribution in [0.5, 0.6) is 5.75 Å². The van der Waals surface area contributed by atoms with Gasteiger partial charge in [0.1, 0.15) is 5.75 Å². The number of nitrogens with zero attached hydrogens (tertiary/aromatic N) is 1. The number of amides is 2. The summed E-state index contributed by atoms with van der Waals surface area (Å²) in [6, 6.07) is 3.10. The number of ether oxygens (including phenoxy) is 1. The van der Waals surface area contributed by atoms with Crippen LogP contribution in [0.1, 0.15) is 32.3 Å². The van der Waals surface area contributed by atoms with Gasteiger partial charge in [-0.2, -0.15) is 4.31 Å². The molecule has 0 aromatic heterocycles. The molecule has 148 valence electrons. The van der Waals surface area contributed by atoms with Crippen molar-refractivity contribution < 1.29 is 22.7 Å². The van der Waals surface area contributed by atoms with Gasteiger partial charge in [-0.1, -0.05) is 0 Å². The minimum atomic E-state index is -3.71. The number of nitrogens with one attached hydrogen (secondary N) is 2. The zero-order valence-electron chi connectivity index (χ0n) is 15.7. The third-order valence-corrected chi connectivity index (χ3v) is 7.04. The topological polar surface area (TPSA) is 105 Å². The molecule has 9 heteroatoms. The van der Waals surface area contributed by atoms with Crippen LogP contribution in [0, 0.1) is 12.8 Å². The van der Waals surface area contributed by atoms with Crippen molar-refractivity contribution in [1.82, 2.24) is 9.62 Å². The zero-order valence-corrected chi connectivity index (χ0v) is 16.6. The summed E-state index contributed by atoms with van der Waals surface area (Å²) >= 11 is 0. The molecule has 1 saturated heterocycles. The summed E-state index contributed by atoms with van der Waals surface area (Å²) in [5, 5.41) is 5.52. The first-order valence-corrected chi connectivity index (χ1v) is 10.6. The van der Waals surface area contributed by atoms with Crippen LogP contribution in [-0.4, -0.2) is 50.3 Å². The molecule has 1 aromatic rings. The van der Waals surface area contributed by atoms with Crippen LogP contribution in [0.3, 0.4) is 0 Å². The van der Waals surface area contributed by atoms with E-state index >= 15 is 0 Å². The van der Waals surface area contributed by atoms with E-state index in [-0.39, 0.29) is 22.6 Å². The molecule has 8 nitrogen and oxygen atoms in total. The van der Waals surface area contributed by atoms with E-state index in [1.807, 2.05) is 6.92 Å². The quantitative estimate of drug-likeness (QED) is 0.798. The summed E-state index contributed by atoms with van der Waals surface area (Å²) in [5.74, 6) is -0.0773. The molecule has 1 fully saturated rings. The molecule has 2 N–H and O–H groups in total. The Hall–Kier alpha value is -2.13. The first-order chi connectivity index (χ1) is 12.7. The van der Waals surface area contributed by atoms with Gasteiger partial charge >= 0.3 is 0 Å². The molecule has 0 spiro atoms. The Bertz CT molecular complexity index is 860. The van der Waals surface area contributed by atoms with Crippen molar-refractivity contribution >= 4 is 27.5 Å². The fourth-order valence-electron chi connectivity index (χ4n) is 3.44. The minimum absolute atomic E-state index is 0.0161. The number of aryl methyl sites for hydroxylation is 1. The highest BCUT2D eigenvalue weighted by Gasteiger charge is 2.34. The van der Waals surface area contributed by atoms with E-state index in [1.54, 1.807) is 19.9 Å². The van der Waals surface area contributed by atoms with Gasteiger partial charge < -0.3 is 15.4 Å². The van der Waals surface area contributed by atoms with Crippen LogP contribution in [-0.2, 0) is 19.6 Å². The summed E-state index contributed by atoms with van der Waals surface area (Å²) in [5.41, 5.74) is 1.02. The second-order valence-electron chi connectivity index (χ2n) is 6.94. The Morgan fingerprint density at radius 3 is 2.63 bits per heavy atom. The van der Waals surface area contributed by atoms with Crippen LogP contribution in [0.25, 0.3) is 0 Å². The number of hydrogen-bond acceptors (Lipinski definition) is 5. The molecule has 2 heterocycles. The molecule has 0 aliphatic carbocycles. The Kier molecular flexibility index (Phi) is 5.43. The lowest BCUT2D eigenvalue weighted by Crippen LogP contribution is -2.43. The lowest BCUT2D eigenvalue weighted by atomic mass is 9.97. The molecular weight excluding hydrogens is 370 g/mol. The Labute approximate surface area is 159 Å². The third-order valence-electron chi connectivity index (χ3n) is 5.00. The SMILES string of the molecule is CCNC(=O)C1CCN(S(=O)(=O)c2cc3c(cc2C)NC(=O)C(C)O3)CC1. The standard InChI is InChI=1S/C18H25N3O5S/c1-4-19-18(23)13-5-7-21(8-6-13)27(24,25)16-10-15-14(9-11(16)2)20-17(22)12(3)26-15/h9-10,12-13H,4-8H2,1-3H3,(H,19,23)(H,20,22). The van der Waals surface area contributed by atoms with Crippen molar-refractivity contribution in [2.75, 3.05) is 25.0 Å². The molecule has 0 bridgehead atoms. The van der Waals surface area contributed by atoms with Crippen molar-refractivity contribution in [2.24, 2.45) is 5.92 Å². The molecule has 1 unspecified atom stereocenters. The van der Waals surface area contributed by atoms with E-state index in [0.717, 1.165) is 0 Å². The molecule has 2 aliphatic rings. The highest BCUT2D eigenvalue weighted by Crippen LogP contribution is 2.36. The second kappa shape index (κ2) is 7.47. The van der Waals surface area contributed by atoms with E-state index in [9.17, 15) is 18.0 Å². The summed E-state index contributed by atoms with van der Waals surface area (Å²) < 4.78 is 33.2.